The van der Waals surface area contributed by atoms with E-state index in [1.54, 1.807) is 6.92 Å². The lowest BCUT2D eigenvalue weighted by Gasteiger charge is -2.14. The van der Waals surface area contributed by atoms with Crippen LogP contribution < -0.4 is 10.6 Å². The highest BCUT2D eigenvalue weighted by Crippen LogP contribution is 2.44. The van der Waals surface area contributed by atoms with Gasteiger partial charge in [-0.05, 0) is 28.7 Å². The quantitative estimate of drug-likeness (QED) is 0.416. The Morgan fingerprint density at radius 3 is 2.33 bits per heavy atom. The molecule has 170 valence electrons. The molecule has 0 saturated carbocycles. The molecule has 2 amide bonds. The minimum Gasteiger partial charge on any atom is -0.481 e. The number of carboxylic acid groups (broad SMARTS) is 1. The standard InChI is InChI=1S/C24H24N4O5/c1-2-14(23(30)31)12-25-22(29)20-11-21(28-27-20)26-24(32)33-13-19-17-9-5-3-7-15(17)16-8-4-6-10-18(16)19/h3-11,14,19H,2,12-13H2,1H3,(H,25,29)(H,30,31)(H2,26,27,28,32). The van der Waals surface area contributed by atoms with Gasteiger partial charge in [0.15, 0.2) is 5.82 Å². The first-order valence-corrected chi connectivity index (χ1v) is 10.7. The predicted octanol–water partition coefficient (Wildman–Crippen LogP) is 3.61. The lowest BCUT2D eigenvalue weighted by atomic mass is 9.98. The number of aromatic amines is 1. The van der Waals surface area contributed by atoms with E-state index in [1.807, 2.05) is 36.4 Å². The summed E-state index contributed by atoms with van der Waals surface area (Å²) < 4.78 is 5.46. The first-order valence-electron chi connectivity index (χ1n) is 10.7. The normalized spacial score (nSPS) is 13.0. The largest absolute Gasteiger partial charge is 0.481 e. The SMILES string of the molecule is CCC(CNC(=O)c1cc(NC(=O)OCC2c3ccccc3-c3ccccc32)n[nH]1)C(=O)O. The lowest BCUT2D eigenvalue weighted by molar-refractivity contribution is -0.141. The minimum atomic E-state index is -0.972. The molecule has 9 heteroatoms. The van der Waals surface area contributed by atoms with Crippen molar-refractivity contribution in [3.05, 3.63) is 71.4 Å². The number of anilines is 1. The van der Waals surface area contributed by atoms with Gasteiger partial charge in [0.1, 0.15) is 12.3 Å². The van der Waals surface area contributed by atoms with Crippen molar-refractivity contribution in [3.63, 3.8) is 0 Å². The van der Waals surface area contributed by atoms with Gasteiger partial charge in [-0.2, -0.15) is 5.10 Å². The second kappa shape index (κ2) is 9.56. The van der Waals surface area contributed by atoms with Crippen LogP contribution in [0.4, 0.5) is 10.6 Å². The highest BCUT2D eigenvalue weighted by atomic mass is 16.5. The molecule has 2 aromatic carbocycles. The molecule has 0 aliphatic heterocycles. The Hall–Kier alpha value is -4.14. The molecule has 9 nitrogen and oxygen atoms in total. The zero-order valence-electron chi connectivity index (χ0n) is 18.0. The van der Waals surface area contributed by atoms with Gasteiger partial charge in [-0.15, -0.1) is 0 Å². The summed E-state index contributed by atoms with van der Waals surface area (Å²) in [4.78, 5) is 35.6. The van der Waals surface area contributed by atoms with Crippen LogP contribution in [-0.4, -0.2) is 46.4 Å². The van der Waals surface area contributed by atoms with E-state index in [0.717, 1.165) is 22.3 Å². The Labute approximate surface area is 190 Å². The van der Waals surface area contributed by atoms with Crippen molar-refractivity contribution in [2.24, 2.45) is 5.92 Å². The van der Waals surface area contributed by atoms with Gasteiger partial charge in [-0.3, -0.25) is 20.0 Å². The van der Waals surface area contributed by atoms with Crippen LogP contribution in [0.3, 0.4) is 0 Å². The minimum absolute atomic E-state index is 0.00116. The number of carbonyl (C=O) groups excluding carboxylic acids is 2. The van der Waals surface area contributed by atoms with Gasteiger partial charge in [0.25, 0.3) is 5.91 Å². The van der Waals surface area contributed by atoms with E-state index >= 15 is 0 Å². The molecule has 0 spiro atoms. The third-order valence-electron chi connectivity index (χ3n) is 5.75. The number of H-pyrrole nitrogens is 1. The zero-order valence-corrected chi connectivity index (χ0v) is 18.0. The van der Waals surface area contributed by atoms with E-state index in [2.05, 4.69) is 33.0 Å². The maximum absolute atomic E-state index is 12.3. The highest BCUT2D eigenvalue weighted by Gasteiger charge is 2.29. The van der Waals surface area contributed by atoms with Crippen LogP contribution >= 0.6 is 0 Å². The third-order valence-corrected chi connectivity index (χ3v) is 5.75. The second-order valence-corrected chi connectivity index (χ2v) is 7.77. The summed E-state index contributed by atoms with van der Waals surface area (Å²) in [5.74, 6) is -2.09. The van der Waals surface area contributed by atoms with Gasteiger partial charge >= 0.3 is 12.1 Å². The molecule has 0 radical (unpaired) electrons. The van der Waals surface area contributed by atoms with Crippen LogP contribution in [0.25, 0.3) is 11.1 Å². The van der Waals surface area contributed by atoms with Gasteiger partial charge in [-0.1, -0.05) is 55.5 Å². The first kappa shape index (κ1) is 22.1. The number of nitrogens with one attached hydrogen (secondary N) is 3. The van der Waals surface area contributed by atoms with Gasteiger partial charge in [0, 0.05) is 18.5 Å². The molecule has 1 aromatic heterocycles. The molecule has 4 rings (SSSR count). The van der Waals surface area contributed by atoms with E-state index in [1.165, 1.54) is 6.07 Å². The maximum Gasteiger partial charge on any atom is 0.412 e. The Kier molecular flexibility index (Phi) is 6.39. The number of ether oxygens (including phenoxy) is 1. The van der Waals surface area contributed by atoms with E-state index < -0.39 is 23.9 Å². The van der Waals surface area contributed by atoms with Crippen LogP contribution in [-0.2, 0) is 9.53 Å². The molecule has 4 N–H and O–H groups in total. The summed E-state index contributed by atoms with van der Waals surface area (Å²) in [6, 6.07) is 17.5. The fourth-order valence-corrected chi connectivity index (χ4v) is 3.96. The number of benzene rings is 2. The van der Waals surface area contributed by atoms with E-state index in [9.17, 15) is 14.4 Å². The summed E-state index contributed by atoms with van der Waals surface area (Å²) in [5, 5.41) is 20.5. The van der Waals surface area contributed by atoms with Crippen molar-refractivity contribution in [3.8, 4) is 11.1 Å². The highest BCUT2D eigenvalue weighted by molar-refractivity contribution is 5.94. The number of carbonyl (C=O) groups is 3. The number of aromatic nitrogens is 2. The molecule has 3 aromatic rings. The van der Waals surface area contributed by atoms with Gasteiger partial charge in [-0.25, -0.2) is 4.79 Å². The summed E-state index contributed by atoms with van der Waals surface area (Å²) in [5.41, 5.74) is 4.59. The number of hydrogen-bond donors (Lipinski definition) is 4. The molecule has 1 aliphatic rings. The third kappa shape index (κ3) is 4.72. The summed E-state index contributed by atoms with van der Waals surface area (Å²) >= 11 is 0. The number of carboxylic acids is 1. The van der Waals surface area contributed by atoms with Crippen LogP contribution in [0, 0.1) is 5.92 Å². The van der Waals surface area contributed by atoms with Crippen LogP contribution in [0.15, 0.2) is 54.6 Å². The van der Waals surface area contributed by atoms with Crippen molar-refractivity contribution in [2.75, 3.05) is 18.5 Å². The fraction of sp³-hybridized carbons (Fsp3) is 0.250. The molecule has 33 heavy (non-hydrogen) atoms. The lowest BCUT2D eigenvalue weighted by Crippen LogP contribution is -2.32. The second-order valence-electron chi connectivity index (χ2n) is 7.77. The van der Waals surface area contributed by atoms with E-state index in [4.69, 9.17) is 9.84 Å². The molecular formula is C24H24N4O5. The van der Waals surface area contributed by atoms with Crippen molar-refractivity contribution in [2.45, 2.75) is 19.3 Å². The van der Waals surface area contributed by atoms with Gasteiger partial charge in [0.2, 0.25) is 0 Å². The molecule has 0 saturated heterocycles. The molecule has 0 bridgehead atoms. The maximum atomic E-state index is 12.3. The summed E-state index contributed by atoms with van der Waals surface area (Å²) in [7, 11) is 0. The number of amides is 2. The molecule has 1 heterocycles. The Balaban J connectivity index is 1.34. The average molecular weight is 448 g/mol. The number of nitrogens with zero attached hydrogens (tertiary/aromatic N) is 1. The predicted molar refractivity (Wildman–Crippen MR) is 121 cm³/mol. The van der Waals surface area contributed by atoms with Crippen LogP contribution in [0.1, 0.15) is 40.9 Å². The van der Waals surface area contributed by atoms with Crippen LogP contribution in [0.2, 0.25) is 0 Å². The van der Waals surface area contributed by atoms with E-state index in [0.29, 0.717) is 6.42 Å². The van der Waals surface area contributed by atoms with Crippen molar-refractivity contribution < 1.29 is 24.2 Å². The van der Waals surface area contributed by atoms with Gasteiger partial charge < -0.3 is 15.2 Å². The molecule has 0 fully saturated rings. The van der Waals surface area contributed by atoms with Gasteiger partial charge in [0.05, 0.1) is 5.92 Å². The monoisotopic (exact) mass is 448 g/mol. The van der Waals surface area contributed by atoms with E-state index in [-0.39, 0.29) is 30.6 Å². The molecular weight excluding hydrogens is 424 g/mol. The Morgan fingerprint density at radius 1 is 1.09 bits per heavy atom. The molecule has 1 aliphatic carbocycles. The molecule has 1 unspecified atom stereocenters. The average Bonchev–Trinajstić information content (AvgIpc) is 3.40. The van der Waals surface area contributed by atoms with Crippen molar-refractivity contribution in [1.82, 2.24) is 15.5 Å². The smallest absolute Gasteiger partial charge is 0.412 e. The Bertz CT molecular complexity index is 1140. The van der Waals surface area contributed by atoms with Crippen molar-refractivity contribution in [1.29, 1.82) is 0 Å². The fourth-order valence-electron chi connectivity index (χ4n) is 3.96. The number of rotatable bonds is 8. The number of hydrogen-bond acceptors (Lipinski definition) is 5. The zero-order chi connectivity index (χ0) is 23.4. The van der Waals surface area contributed by atoms with Crippen molar-refractivity contribution >= 4 is 23.8 Å². The topological polar surface area (TPSA) is 133 Å². The molecule has 1 atom stereocenters. The Morgan fingerprint density at radius 2 is 1.73 bits per heavy atom. The summed E-state index contributed by atoms with van der Waals surface area (Å²) in [6.07, 6.45) is -0.292. The first-order chi connectivity index (χ1) is 16.0. The number of fused-ring (bicyclic) bond motifs is 3. The van der Waals surface area contributed by atoms with Crippen LogP contribution in [0.5, 0.6) is 0 Å². The number of aliphatic carboxylic acids is 1. The summed E-state index contributed by atoms with van der Waals surface area (Å²) in [6.45, 7) is 1.89.